The predicted octanol–water partition coefficient (Wildman–Crippen LogP) is 4.58. The molecule has 1 saturated carbocycles. The molecule has 1 atom stereocenters. The lowest BCUT2D eigenvalue weighted by Gasteiger charge is -2.22. The monoisotopic (exact) mass is 410 g/mol. The van der Waals surface area contributed by atoms with Gasteiger partial charge in [-0.15, -0.1) is 0 Å². The van der Waals surface area contributed by atoms with Crippen molar-refractivity contribution in [2.45, 2.75) is 70.5 Å². The zero-order chi connectivity index (χ0) is 21.7. The maximum absolute atomic E-state index is 12.2. The van der Waals surface area contributed by atoms with Crippen molar-refractivity contribution in [2.24, 2.45) is 11.3 Å². The molecule has 0 saturated heterocycles. The highest BCUT2D eigenvalue weighted by molar-refractivity contribution is 6.01. The summed E-state index contributed by atoms with van der Waals surface area (Å²) in [6.07, 6.45) is 13.8. The number of rotatable bonds is 14. The largest absolute Gasteiger partial charge is 0.468 e. The average molecular weight is 411 g/mol. The highest BCUT2D eigenvalue weighted by Crippen LogP contribution is 2.47. The molecule has 1 rings (SSSR count). The van der Waals surface area contributed by atoms with Gasteiger partial charge in [-0.05, 0) is 44.4 Å². The van der Waals surface area contributed by atoms with Gasteiger partial charge in [-0.2, -0.15) is 0 Å². The standard InChI is InChI=1S/C23H38O6/c1-18-16-23(21(24)28-4,22(25)29-5)17-19(18)14-12-10-8-6-7-9-11-13-15-20(26-2)27-3/h12,14,19-20H,1,6-11,13,15-17H2,2-5H3/b14-12+. The van der Waals surface area contributed by atoms with Gasteiger partial charge in [0, 0.05) is 14.2 Å². The number of hydrogen-bond donors (Lipinski definition) is 0. The second-order valence-electron chi connectivity index (χ2n) is 7.74. The summed E-state index contributed by atoms with van der Waals surface area (Å²) < 4.78 is 20.1. The number of esters is 2. The lowest BCUT2D eigenvalue weighted by Crippen LogP contribution is -2.39. The van der Waals surface area contributed by atoms with Crippen LogP contribution in [0.2, 0.25) is 0 Å². The molecule has 1 unspecified atom stereocenters. The fourth-order valence-corrected chi connectivity index (χ4v) is 3.97. The van der Waals surface area contributed by atoms with E-state index in [0.717, 1.165) is 31.3 Å². The molecule has 0 aromatic carbocycles. The van der Waals surface area contributed by atoms with Crippen molar-refractivity contribution in [3.05, 3.63) is 24.3 Å². The summed E-state index contributed by atoms with van der Waals surface area (Å²) in [7, 11) is 5.94. The molecule has 0 aromatic rings. The van der Waals surface area contributed by atoms with Gasteiger partial charge < -0.3 is 18.9 Å². The first kappa shape index (κ1) is 25.4. The van der Waals surface area contributed by atoms with Gasteiger partial charge in [0.25, 0.3) is 0 Å². The van der Waals surface area contributed by atoms with E-state index in [0.29, 0.717) is 6.42 Å². The van der Waals surface area contributed by atoms with Gasteiger partial charge in [0.05, 0.1) is 14.2 Å². The smallest absolute Gasteiger partial charge is 0.323 e. The number of hydrogen-bond acceptors (Lipinski definition) is 6. The second-order valence-corrected chi connectivity index (χ2v) is 7.74. The maximum atomic E-state index is 12.2. The quantitative estimate of drug-likeness (QED) is 0.137. The Balaban J connectivity index is 2.28. The molecule has 0 aromatic heterocycles. The Morgan fingerprint density at radius 3 is 2.10 bits per heavy atom. The average Bonchev–Trinajstić information content (AvgIpc) is 3.08. The molecule has 0 aliphatic heterocycles. The van der Waals surface area contributed by atoms with Gasteiger partial charge in [0.1, 0.15) is 0 Å². The zero-order valence-electron chi connectivity index (χ0n) is 18.5. The fourth-order valence-electron chi connectivity index (χ4n) is 3.97. The van der Waals surface area contributed by atoms with Crippen LogP contribution in [-0.2, 0) is 28.5 Å². The van der Waals surface area contributed by atoms with Crippen molar-refractivity contribution in [3.63, 3.8) is 0 Å². The van der Waals surface area contributed by atoms with Gasteiger partial charge in [-0.1, -0.05) is 50.0 Å². The van der Waals surface area contributed by atoms with E-state index in [-0.39, 0.29) is 18.6 Å². The van der Waals surface area contributed by atoms with E-state index in [2.05, 4.69) is 18.7 Å². The third-order valence-corrected chi connectivity index (χ3v) is 5.73. The number of carbonyl (C=O) groups is 2. The van der Waals surface area contributed by atoms with E-state index in [1.807, 2.05) is 0 Å². The van der Waals surface area contributed by atoms with E-state index in [1.165, 1.54) is 39.9 Å². The number of methoxy groups -OCH3 is 4. The Morgan fingerprint density at radius 2 is 1.55 bits per heavy atom. The predicted molar refractivity (Wildman–Crippen MR) is 112 cm³/mol. The third-order valence-electron chi connectivity index (χ3n) is 5.73. The molecule has 1 aliphatic rings. The van der Waals surface area contributed by atoms with Crippen LogP contribution in [0.5, 0.6) is 0 Å². The molecule has 29 heavy (non-hydrogen) atoms. The molecule has 6 heteroatoms. The van der Waals surface area contributed by atoms with Crippen LogP contribution in [0.15, 0.2) is 24.3 Å². The van der Waals surface area contributed by atoms with Crippen LogP contribution in [-0.4, -0.2) is 46.7 Å². The minimum absolute atomic E-state index is 0.00251. The Bertz CT molecular complexity index is 534. The van der Waals surface area contributed by atoms with Crippen molar-refractivity contribution >= 4 is 11.9 Å². The number of allylic oxidation sites excluding steroid dienone is 3. The summed E-state index contributed by atoms with van der Waals surface area (Å²) in [5, 5.41) is 0. The summed E-state index contributed by atoms with van der Waals surface area (Å²) in [5.74, 6) is -1.07. The van der Waals surface area contributed by atoms with Crippen LogP contribution >= 0.6 is 0 Å². The summed E-state index contributed by atoms with van der Waals surface area (Å²) in [4.78, 5) is 24.4. The third kappa shape index (κ3) is 7.59. The zero-order valence-corrected chi connectivity index (χ0v) is 18.5. The van der Waals surface area contributed by atoms with Crippen molar-refractivity contribution in [3.8, 4) is 0 Å². The molecule has 0 bridgehead atoms. The highest BCUT2D eigenvalue weighted by atomic mass is 16.7. The van der Waals surface area contributed by atoms with Gasteiger partial charge >= 0.3 is 11.9 Å². The topological polar surface area (TPSA) is 71.1 Å². The summed E-state index contributed by atoms with van der Waals surface area (Å²) in [6, 6.07) is 0. The molecule has 0 heterocycles. The molecule has 6 nitrogen and oxygen atoms in total. The minimum Gasteiger partial charge on any atom is -0.468 e. The van der Waals surface area contributed by atoms with E-state index in [9.17, 15) is 9.59 Å². The van der Waals surface area contributed by atoms with Crippen molar-refractivity contribution < 1.29 is 28.5 Å². The van der Waals surface area contributed by atoms with Crippen LogP contribution in [0.25, 0.3) is 0 Å². The molecule has 0 N–H and O–H groups in total. The summed E-state index contributed by atoms with van der Waals surface area (Å²) >= 11 is 0. The first-order chi connectivity index (χ1) is 13.9. The van der Waals surface area contributed by atoms with Gasteiger partial charge in [0.2, 0.25) is 0 Å². The Morgan fingerprint density at radius 1 is 1.00 bits per heavy atom. The Hall–Kier alpha value is -1.66. The van der Waals surface area contributed by atoms with Gasteiger partial charge in [0.15, 0.2) is 11.7 Å². The van der Waals surface area contributed by atoms with E-state index in [1.54, 1.807) is 14.2 Å². The van der Waals surface area contributed by atoms with Crippen LogP contribution < -0.4 is 0 Å². The fraction of sp³-hybridized carbons (Fsp3) is 0.739. The van der Waals surface area contributed by atoms with Crippen LogP contribution in [0.3, 0.4) is 0 Å². The molecule has 0 amide bonds. The summed E-state index contributed by atoms with van der Waals surface area (Å²) in [5.41, 5.74) is -0.372. The number of unbranched alkanes of at least 4 members (excludes halogenated alkanes) is 6. The van der Waals surface area contributed by atoms with Crippen LogP contribution in [0.4, 0.5) is 0 Å². The lowest BCUT2D eigenvalue weighted by molar-refractivity contribution is -0.168. The first-order valence-electron chi connectivity index (χ1n) is 10.5. The molecular weight excluding hydrogens is 372 g/mol. The highest BCUT2D eigenvalue weighted by Gasteiger charge is 2.54. The lowest BCUT2D eigenvalue weighted by atomic mass is 9.85. The van der Waals surface area contributed by atoms with Gasteiger partial charge in [-0.25, -0.2) is 0 Å². The SMILES string of the molecule is C=C1CC(C(=O)OC)(C(=O)OC)CC1/C=C/CCCCCCCCC(OC)OC. The summed E-state index contributed by atoms with van der Waals surface area (Å²) in [6.45, 7) is 4.06. The molecular formula is C23H38O6. The van der Waals surface area contributed by atoms with E-state index >= 15 is 0 Å². The minimum atomic E-state index is -1.25. The van der Waals surface area contributed by atoms with Gasteiger partial charge in [-0.3, -0.25) is 9.59 Å². The second kappa shape index (κ2) is 13.5. The van der Waals surface area contributed by atoms with Crippen molar-refractivity contribution in [1.82, 2.24) is 0 Å². The maximum Gasteiger partial charge on any atom is 0.323 e. The van der Waals surface area contributed by atoms with E-state index in [4.69, 9.17) is 18.9 Å². The Labute approximate surface area is 175 Å². The van der Waals surface area contributed by atoms with Crippen LogP contribution in [0.1, 0.15) is 64.2 Å². The number of carbonyl (C=O) groups excluding carboxylic acids is 2. The molecule has 1 fully saturated rings. The first-order valence-corrected chi connectivity index (χ1v) is 10.5. The van der Waals surface area contributed by atoms with Crippen molar-refractivity contribution in [1.29, 1.82) is 0 Å². The molecule has 1 aliphatic carbocycles. The number of ether oxygens (including phenoxy) is 4. The molecule has 0 radical (unpaired) electrons. The molecule has 166 valence electrons. The van der Waals surface area contributed by atoms with Crippen LogP contribution in [0, 0.1) is 11.3 Å². The van der Waals surface area contributed by atoms with E-state index < -0.39 is 17.4 Å². The van der Waals surface area contributed by atoms with Crippen molar-refractivity contribution in [2.75, 3.05) is 28.4 Å². The Kier molecular flexibility index (Phi) is 11.9. The molecule has 0 spiro atoms. The normalized spacial score (nSPS) is 18.5.